The van der Waals surface area contributed by atoms with E-state index in [4.69, 9.17) is 5.26 Å². The third-order valence-electron chi connectivity index (χ3n) is 5.99. The van der Waals surface area contributed by atoms with Gasteiger partial charge in [-0.15, -0.1) is 0 Å². The Bertz CT molecular complexity index is 1090. The average molecular weight is 472 g/mol. The number of alkyl halides is 4. The first-order valence-corrected chi connectivity index (χ1v) is 10.2. The zero-order valence-corrected chi connectivity index (χ0v) is 17.3. The molecule has 0 bridgehead atoms. The first-order chi connectivity index (χ1) is 15.5. The highest BCUT2D eigenvalue weighted by molar-refractivity contribution is 5.46. The fraction of sp³-hybridized carbons (Fsp3) is 0.550. The smallest absolute Gasteiger partial charge is 0.289 e. The van der Waals surface area contributed by atoms with Crippen LogP contribution in [0.15, 0.2) is 12.3 Å². The Morgan fingerprint density at radius 1 is 1.30 bits per heavy atom. The van der Waals surface area contributed by atoms with Gasteiger partial charge in [-0.1, -0.05) is 0 Å². The van der Waals surface area contributed by atoms with Crippen LogP contribution in [0.4, 0.5) is 27.6 Å². The summed E-state index contributed by atoms with van der Waals surface area (Å²) in [7, 11) is 0. The topological polar surface area (TPSA) is 110 Å². The van der Waals surface area contributed by atoms with Gasteiger partial charge in [-0.05, 0) is 12.5 Å². The van der Waals surface area contributed by atoms with Crippen LogP contribution in [-0.4, -0.2) is 48.4 Å². The van der Waals surface area contributed by atoms with Crippen LogP contribution in [0.3, 0.4) is 0 Å². The van der Waals surface area contributed by atoms with Crippen molar-refractivity contribution in [1.29, 1.82) is 5.26 Å². The van der Waals surface area contributed by atoms with Crippen molar-refractivity contribution in [1.82, 2.24) is 19.7 Å². The summed E-state index contributed by atoms with van der Waals surface area (Å²) in [5.41, 5.74) is -2.95. The molecule has 2 aliphatic rings. The molecule has 2 aliphatic heterocycles. The summed E-state index contributed by atoms with van der Waals surface area (Å²) in [5.74, 6) is -4.64. The molecule has 178 valence electrons. The third-order valence-corrected chi connectivity index (χ3v) is 5.99. The van der Waals surface area contributed by atoms with Gasteiger partial charge in [0.05, 0.1) is 36.0 Å². The van der Waals surface area contributed by atoms with Gasteiger partial charge in [0.2, 0.25) is 0 Å². The third kappa shape index (κ3) is 4.38. The second kappa shape index (κ2) is 8.51. The Labute approximate surface area is 185 Å². The second-order valence-corrected chi connectivity index (χ2v) is 8.29. The van der Waals surface area contributed by atoms with Gasteiger partial charge < -0.3 is 15.5 Å². The van der Waals surface area contributed by atoms with Crippen molar-refractivity contribution in [2.24, 2.45) is 0 Å². The molecule has 2 aromatic rings. The Morgan fingerprint density at radius 3 is 2.76 bits per heavy atom. The molecule has 2 atom stereocenters. The van der Waals surface area contributed by atoms with Crippen molar-refractivity contribution in [2.75, 3.05) is 11.9 Å². The Balaban J connectivity index is 1.59. The molecule has 0 saturated carbocycles. The van der Waals surface area contributed by atoms with Gasteiger partial charge in [0.15, 0.2) is 12.2 Å². The molecule has 4 rings (SSSR count). The molecule has 3 N–H and O–H groups in total. The number of nitrogens with one attached hydrogen (secondary N) is 1. The maximum Gasteiger partial charge on any atom is 0.289 e. The van der Waals surface area contributed by atoms with E-state index in [-0.39, 0.29) is 44.5 Å². The molecule has 33 heavy (non-hydrogen) atoms. The number of aromatic nitrogens is 3. The van der Waals surface area contributed by atoms with E-state index < -0.39 is 53.6 Å². The predicted molar refractivity (Wildman–Crippen MR) is 103 cm³/mol. The molecule has 0 saturated heterocycles. The summed E-state index contributed by atoms with van der Waals surface area (Å²) >= 11 is 0. The second-order valence-electron chi connectivity index (χ2n) is 8.29. The molecular weight excluding hydrogens is 451 g/mol. The van der Waals surface area contributed by atoms with Crippen molar-refractivity contribution in [2.45, 2.75) is 63.1 Å². The minimum atomic E-state index is -3.33. The van der Waals surface area contributed by atoms with Crippen LogP contribution >= 0.6 is 0 Å². The van der Waals surface area contributed by atoms with Crippen molar-refractivity contribution in [3.8, 4) is 6.07 Å². The normalized spacial score (nSPS) is 23.4. The number of nitrogens with zero attached hydrogens (tertiary/aromatic N) is 5. The van der Waals surface area contributed by atoms with Gasteiger partial charge in [0.25, 0.3) is 12.3 Å². The Morgan fingerprint density at radius 2 is 2.06 bits per heavy atom. The summed E-state index contributed by atoms with van der Waals surface area (Å²) in [4.78, 5) is 4.63. The van der Waals surface area contributed by atoms with Gasteiger partial charge in [0, 0.05) is 37.7 Å². The highest BCUT2D eigenvalue weighted by Gasteiger charge is 2.47. The van der Waals surface area contributed by atoms with E-state index >= 15 is 8.78 Å². The fourth-order valence-electron chi connectivity index (χ4n) is 4.29. The number of hydrogen-bond acceptors (Lipinski definition) is 7. The van der Waals surface area contributed by atoms with Crippen molar-refractivity contribution < 1.29 is 32.2 Å². The monoisotopic (exact) mass is 472 g/mol. The molecule has 0 amide bonds. The maximum atomic E-state index is 15.0. The minimum Gasteiger partial charge on any atom is -0.387 e. The van der Waals surface area contributed by atoms with E-state index in [9.17, 15) is 23.4 Å². The van der Waals surface area contributed by atoms with E-state index in [2.05, 4.69) is 15.4 Å². The van der Waals surface area contributed by atoms with Crippen LogP contribution in [0.1, 0.15) is 48.3 Å². The molecule has 0 aromatic carbocycles. The van der Waals surface area contributed by atoms with E-state index in [1.807, 2.05) is 6.07 Å². The number of aliphatic hydroxyl groups is 2. The first-order valence-electron chi connectivity index (χ1n) is 10.2. The maximum absolute atomic E-state index is 15.0. The highest BCUT2D eigenvalue weighted by atomic mass is 19.3. The van der Waals surface area contributed by atoms with Crippen LogP contribution in [0.25, 0.3) is 0 Å². The largest absolute Gasteiger partial charge is 0.387 e. The number of anilines is 1. The van der Waals surface area contributed by atoms with Gasteiger partial charge in [0.1, 0.15) is 11.4 Å². The zero-order valence-electron chi connectivity index (χ0n) is 17.3. The lowest BCUT2D eigenvalue weighted by Crippen LogP contribution is -2.44. The number of rotatable bonds is 5. The van der Waals surface area contributed by atoms with Gasteiger partial charge in [-0.3, -0.25) is 14.6 Å². The zero-order chi connectivity index (χ0) is 24.0. The average Bonchev–Trinajstić information content (AvgIpc) is 3.06. The molecule has 0 spiro atoms. The van der Waals surface area contributed by atoms with Crippen molar-refractivity contribution in [3.63, 3.8) is 0 Å². The summed E-state index contributed by atoms with van der Waals surface area (Å²) in [6, 6.07) is 2.90. The van der Waals surface area contributed by atoms with Crippen LogP contribution in [0.5, 0.6) is 0 Å². The van der Waals surface area contributed by atoms with Crippen LogP contribution in [0.2, 0.25) is 0 Å². The molecule has 0 radical (unpaired) electrons. The number of pyridine rings is 1. The number of hydrogen-bond donors (Lipinski definition) is 3. The van der Waals surface area contributed by atoms with E-state index in [0.29, 0.717) is 5.69 Å². The number of halogens is 5. The molecule has 0 fully saturated rings. The lowest BCUT2D eigenvalue weighted by atomic mass is 9.93. The van der Waals surface area contributed by atoms with Crippen LogP contribution in [0, 0.1) is 17.1 Å². The molecule has 4 heterocycles. The van der Waals surface area contributed by atoms with E-state index in [0.717, 1.165) is 16.9 Å². The van der Waals surface area contributed by atoms with Crippen molar-refractivity contribution in [3.05, 3.63) is 40.7 Å². The lowest BCUT2D eigenvalue weighted by molar-refractivity contribution is -0.0407. The standard InChI is InChI=1S/C20H21F5N6O2/c21-14-13(1-7-27-15(14)17(22)23)28-18(32)30-8-2-12-11(9-30)16-20(24,25)4-3-19(33,5-6-26)10-31(16)29-12/h1,7,17-18,32-33H,2-5,8-10H2,(H,27,28)/t18?,19-/m1/s1. The van der Waals surface area contributed by atoms with E-state index in [1.165, 1.54) is 4.90 Å². The first kappa shape index (κ1) is 23.3. The number of fused-ring (bicyclic) bond motifs is 3. The Kier molecular flexibility index (Phi) is 6.02. The van der Waals surface area contributed by atoms with Gasteiger partial charge in [-0.2, -0.15) is 19.1 Å². The molecular formula is C20H21F5N6O2. The summed E-state index contributed by atoms with van der Waals surface area (Å²) < 4.78 is 71.1. The summed E-state index contributed by atoms with van der Waals surface area (Å²) in [5, 5.41) is 36.7. The predicted octanol–water partition coefficient (Wildman–Crippen LogP) is 2.63. The molecule has 13 heteroatoms. The molecule has 0 aliphatic carbocycles. The highest BCUT2D eigenvalue weighted by Crippen LogP contribution is 2.43. The van der Waals surface area contributed by atoms with Gasteiger partial charge >= 0.3 is 0 Å². The van der Waals surface area contributed by atoms with Crippen LogP contribution < -0.4 is 5.32 Å². The summed E-state index contributed by atoms with van der Waals surface area (Å²) in [6.07, 6.45) is -4.84. The van der Waals surface area contributed by atoms with Crippen molar-refractivity contribution >= 4 is 5.69 Å². The minimum absolute atomic E-state index is 0.167. The number of aliphatic hydroxyl groups excluding tert-OH is 1. The molecule has 2 aromatic heterocycles. The van der Waals surface area contributed by atoms with Crippen LogP contribution in [-0.2, 0) is 25.4 Å². The SMILES string of the molecule is N#CC[C@]1(O)CCC(F)(F)c2c3c(nn2C1)CCN(C(O)Nc1ccnc(C(F)F)c1F)C3. The van der Waals surface area contributed by atoms with Gasteiger partial charge in [-0.25, -0.2) is 13.2 Å². The lowest BCUT2D eigenvalue weighted by Gasteiger charge is -2.32. The molecule has 1 unspecified atom stereocenters. The fourth-order valence-corrected chi connectivity index (χ4v) is 4.29. The summed E-state index contributed by atoms with van der Waals surface area (Å²) in [6.45, 7) is -0.266. The van der Waals surface area contributed by atoms with E-state index in [1.54, 1.807) is 0 Å². The Hall–Kier alpha value is -2.82. The number of nitriles is 1. The molecule has 8 nitrogen and oxygen atoms in total. The quantitative estimate of drug-likeness (QED) is 0.453.